The second-order valence-corrected chi connectivity index (χ2v) is 8.11. The van der Waals surface area contributed by atoms with E-state index in [-0.39, 0.29) is 30.6 Å². The fraction of sp³-hybridized carbons (Fsp3) is 0.800. The van der Waals surface area contributed by atoms with Crippen molar-refractivity contribution in [2.24, 2.45) is 0 Å². The summed E-state index contributed by atoms with van der Waals surface area (Å²) in [7, 11) is 0. The first-order valence-corrected chi connectivity index (χ1v) is 10.7. The SMILES string of the molecule is Nc1cn([C@@H]2CCCCO2)nc1C(=O)NC1CCC(O[C@@H]2CCCCO2)CC1. The number of hydrogen-bond acceptors (Lipinski definition) is 6. The number of nitrogens with one attached hydrogen (secondary N) is 1. The van der Waals surface area contributed by atoms with Crippen molar-refractivity contribution in [3.63, 3.8) is 0 Å². The quantitative estimate of drug-likeness (QED) is 0.799. The lowest BCUT2D eigenvalue weighted by molar-refractivity contribution is -0.193. The summed E-state index contributed by atoms with van der Waals surface area (Å²) in [5, 5.41) is 7.50. The number of ether oxygens (including phenoxy) is 3. The molecule has 0 spiro atoms. The van der Waals surface area contributed by atoms with Gasteiger partial charge in [-0.05, 0) is 64.2 Å². The van der Waals surface area contributed by atoms with Gasteiger partial charge in [-0.15, -0.1) is 0 Å². The van der Waals surface area contributed by atoms with Gasteiger partial charge in [0.1, 0.15) is 6.23 Å². The number of hydrogen-bond donors (Lipinski definition) is 2. The van der Waals surface area contributed by atoms with Crippen molar-refractivity contribution in [2.75, 3.05) is 18.9 Å². The van der Waals surface area contributed by atoms with Crippen LogP contribution in [0.1, 0.15) is 80.9 Å². The summed E-state index contributed by atoms with van der Waals surface area (Å²) in [5.41, 5.74) is 6.74. The van der Waals surface area contributed by atoms with Crippen molar-refractivity contribution >= 4 is 11.6 Å². The maximum absolute atomic E-state index is 12.7. The number of amides is 1. The van der Waals surface area contributed by atoms with Gasteiger partial charge in [0.25, 0.3) is 5.91 Å². The molecule has 4 rings (SSSR count). The van der Waals surface area contributed by atoms with E-state index >= 15 is 0 Å². The third-order valence-corrected chi connectivity index (χ3v) is 5.92. The summed E-state index contributed by atoms with van der Waals surface area (Å²) < 4.78 is 19.2. The summed E-state index contributed by atoms with van der Waals surface area (Å²) >= 11 is 0. The molecule has 8 heteroatoms. The van der Waals surface area contributed by atoms with Crippen LogP contribution in [0.2, 0.25) is 0 Å². The Morgan fingerprint density at radius 3 is 2.50 bits per heavy atom. The Morgan fingerprint density at radius 2 is 1.82 bits per heavy atom. The van der Waals surface area contributed by atoms with Crippen LogP contribution in [-0.4, -0.2) is 47.3 Å². The predicted molar refractivity (Wildman–Crippen MR) is 104 cm³/mol. The molecule has 28 heavy (non-hydrogen) atoms. The van der Waals surface area contributed by atoms with Gasteiger partial charge in [0.05, 0.1) is 18.0 Å². The Labute approximate surface area is 166 Å². The molecule has 2 atom stereocenters. The monoisotopic (exact) mass is 392 g/mol. The topological polar surface area (TPSA) is 101 Å². The van der Waals surface area contributed by atoms with Gasteiger partial charge in [0, 0.05) is 19.3 Å². The van der Waals surface area contributed by atoms with Crippen LogP contribution >= 0.6 is 0 Å². The van der Waals surface area contributed by atoms with Crippen LogP contribution in [0.3, 0.4) is 0 Å². The largest absolute Gasteiger partial charge is 0.396 e. The highest BCUT2D eigenvalue weighted by molar-refractivity contribution is 5.97. The molecule has 8 nitrogen and oxygen atoms in total. The fourth-order valence-corrected chi connectivity index (χ4v) is 4.29. The molecule has 156 valence electrons. The third kappa shape index (κ3) is 4.85. The van der Waals surface area contributed by atoms with Crippen LogP contribution in [0.15, 0.2) is 6.20 Å². The summed E-state index contributed by atoms with van der Waals surface area (Å²) in [6.07, 6.45) is 11.8. The van der Waals surface area contributed by atoms with Crippen molar-refractivity contribution in [2.45, 2.75) is 88.9 Å². The lowest BCUT2D eigenvalue weighted by atomic mass is 9.92. The highest BCUT2D eigenvalue weighted by Crippen LogP contribution is 2.26. The van der Waals surface area contributed by atoms with Crippen LogP contribution in [0.4, 0.5) is 5.69 Å². The van der Waals surface area contributed by atoms with E-state index in [1.807, 2.05) is 0 Å². The van der Waals surface area contributed by atoms with Crippen LogP contribution in [0, 0.1) is 0 Å². The van der Waals surface area contributed by atoms with Gasteiger partial charge in [0.15, 0.2) is 12.0 Å². The summed E-state index contributed by atoms with van der Waals surface area (Å²) in [6, 6.07) is 0.134. The maximum Gasteiger partial charge on any atom is 0.274 e. The van der Waals surface area contributed by atoms with Crippen LogP contribution in [0.5, 0.6) is 0 Å². The molecule has 2 saturated heterocycles. The number of aromatic nitrogens is 2. The van der Waals surface area contributed by atoms with Gasteiger partial charge >= 0.3 is 0 Å². The molecule has 0 unspecified atom stereocenters. The molecule has 1 aliphatic carbocycles. The van der Waals surface area contributed by atoms with E-state index in [9.17, 15) is 4.79 Å². The molecule has 2 aliphatic heterocycles. The van der Waals surface area contributed by atoms with E-state index in [2.05, 4.69) is 10.4 Å². The normalized spacial score (nSPS) is 31.4. The minimum absolute atomic E-state index is 0.0457. The van der Waals surface area contributed by atoms with Crippen molar-refractivity contribution in [1.82, 2.24) is 15.1 Å². The van der Waals surface area contributed by atoms with Crippen molar-refractivity contribution in [3.8, 4) is 0 Å². The molecular formula is C20H32N4O4. The average Bonchev–Trinajstić information content (AvgIpc) is 3.13. The van der Waals surface area contributed by atoms with E-state index in [0.29, 0.717) is 11.4 Å². The lowest BCUT2D eigenvalue weighted by Crippen LogP contribution is -2.40. The molecule has 3 heterocycles. The van der Waals surface area contributed by atoms with Gasteiger partial charge in [-0.2, -0.15) is 5.10 Å². The minimum Gasteiger partial charge on any atom is -0.396 e. The molecule has 0 bridgehead atoms. The third-order valence-electron chi connectivity index (χ3n) is 5.92. The number of nitrogens with zero attached hydrogens (tertiary/aromatic N) is 2. The Kier molecular flexibility index (Phi) is 6.49. The Balaban J connectivity index is 1.26. The Morgan fingerprint density at radius 1 is 1.07 bits per heavy atom. The number of nitrogens with two attached hydrogens (primary N) is 1. The van der Waals surface area contributed by atoms with Gasteiger partial charge in [-0.25, -0.2) is 4.68 Å². The molecule has 3 N–H and O–H groups in total. The van der Waals surface area contributed by atoms with E-state index in [0.717, 1.165) is 71.0 Å². The van der Waals surface area contributed by atoms with Crippen LogP contribution < -0.4 is 11.1 Å². The van der Waals surface area contributed by atoms with Gasteiger partial charge in [0.2, 0.25) is 0 Å². The second kappa shape index (κ2) is 9.24. The first kappa shape index (κ1) is 19.7. The summed E-state index contributed by atoms with van der Waals surface area (Å²) in [4.78, 5) is 12.7. The molecule has 3 aliphatic rings. The van der Waals surface area contributed by atoms with Gasteiger partial charge in [-0.1, -0.05) is 0 Å². The zero-order chi connectivity index (χ0) is 19.3. The molecule has 1 amide bonds. The highest BCUT2D eigenvalue weighted by atomic mass is 16.7. The van der Waals surface area contributed by atoms with E-state index in [1.165, 1.54) is 6.42 Å². The smallest absolute Gasteiger partial charge is 0.274 e. The van der Waals surface area contributed by atoms with E-state index in [4.69, 9.17) is 19.9 Å². The number of anilines is 1. The summed E-state index contributed by atoms with van der Waals surface area (Å²) in [5.74, 6) is -0.202. The zero-order valence-electron chi connectivity index (χ0n) is 16.5. The average molecular weight is 393 g/mol. The van der Waals surface area contributed by atoms with Crippen molar-refractivity contribution in [3.05, 3.63) is 11.9 Å². The summed E-state index contributed by atoms with van der Waals surface area (Å²) in [6.45, 7) is 1.53. The number of rotatable bonds is 5. The van der Waals surface area contributed by atoms with Crippen LogP contribution in [-0.2, 0) is 14.2 Å². The maximum atomic E-state index is 12.7. The number of nitrogen functional groups attached to an aromatic ring is 1. The van der Waals surface area contributed by atoms with Crippen molar-refractivity contribution in [1.29, 1.82) is 0 Å². The lowest BCUT2D eigenvalue weighted by Gasteiger charge is -2.32. The fourth-order valence-electron chi connectivity index (χ4n) is 4.29. The van der Waals surface area contributed by atoms with Crippen LogP contribution in [0.25, 0.3) is 0 Å². The Bertz CT molecular complexity index is 645. The molecule has 1 aromatic heterocycles. The molecular weight excluding hydrogens is 360 g/mol. The van der Waals surface area contributed by atoms with Gasteiger partial charge < -0.3 is 25.3 Å². The van der Waals surface area contributed by atoms with Gasteiger partial charge in [-0.3, -0.25) is 4.79 Å². The number of carbonyl (C=O) groups is 1. The minimum atomic E-state index is -0.202. The van der Waals surface area contributed by atoms with E-state index < -0.39 is 0 Å². The standard InChI is InChI=1S/C20H32N4O4/c21-16-13-24(17-5-1-3-11-26-17)23-19(16)20(25)22-14-7-9-15(10-8-14)28-18-6-2-4-12-27-18/h13-15,17-18H,1-12,21H2,(H,22,25)/t14?,15?,17-,18+/m0/s1. The van der Waals surface area contributed by atoms with Crippen molar-refractivity contribution < 1.29 is 19.0 Å². The number of carbonyl (C=O) groups excluding carboxylic acids is 1. The molecule has 0 aromatic carbocycles. The molecule has 1 saturated carbocycles. The molecule has 3 fully saturated rings. The predicted octanol–water partition coefficient (Wildman–Crippen LogP) is 2.75. The highest BCUT2D eigenvalue weighted by Gasteiger charge is 2.28. The second-order valence-electron chi connectivity index (χ2n) is 8.11. The Hall–Kier alpha value is -1.64. The molecule has 1 aromatic rings. The first-order valence-electron chi connectivity index (χ1n) is 10.7. The first-order chi connectivity index (χ1) is 13.7. The zero-order valence-corrected chi connectivity index (χ0v) is 16.5. The van der Waals surface area contributed by atoms with E-state index in [1.54, 1.807) is 10.9 Å². The molecule has 0 radical (unpaired) electrons.